The SMILES string of the molecule is N#Cc1nccnc1N1CCC(CNS(=O)(=O)c2ccc(F)c(F)c2)CC1. The molecule has 0 radical (unpaired) electrons. The average Bonchev–Trinajstić information content (AvgIpc) is 2.69. The maximum Gasteiger partial charge on any atom is 0.240 e. The number of nitriles is 1. The molecular formula is C17H17F2N5O2S. The van der Waals surface area contributed by atoms with Crippen LogP contribution in [0.2, 0.25) is 0 Å². The van der Waals surface area contributed by atoms with Crippen LogP contribution in [0.25, 0.3) is 0 Å². The zero-order valence-corrected chi connectivity index (χ0v) is 15.1. The number of halogens is 2. The summed E-state index contributed by atoms with van der Waals surface area (Å²) in [5, 5.41) is 9.11. The van der Waals surface area contributed by atoms with Crippen LogP contribution in [0.5, 0.6) is 0 Å². The number of sulfonamides is 1. The van der Waals surface area contributed by atoms with Crippen molar-refractivity contribution >= 4 is 15.8 Å². The molecule has 10 heteroatoms. The molecule has 0 bridgehead atoms. The summed E-state index contributed by atoms with van der Waals surface area (Å²) in [5.41, 5.74) is 0.259. The highest BCUT2D eigenvalue weighted by molar-refractivity contribution is 7.89. The summed E-state index contributed by atoms with van der Waals surface area (Å²) in [5.74, 6) is -1.69. The zero-order valence-electron chi connectivity index (χ0n) is 14.3. The molecule has 1 aliphatic heterocycles. The Balaban J connectivity index is 1.58. The quantitative estimate of drug-likeness (QED) is 0.832. The standard InChI is InChI=1S/C17H17F2N5O2S/c18-14-2-1-13(9-15(14)19)27(25,26)23-11-12-3-7-24(8-4-12)17-16(10-20)21-5-6-22-17/h1-2,5-6,9,12,23H,3-4,7-8,11H2. The Morgan fingerprint density at radius 3 is 2.56 bits per heavy atom. The van der Waals surface area contributed by atoms with Gasteiger partial charge in [0, 0.05) is 32.0 Å². The first kappa shape index (κ1) is 19.1. The van der Waals surface area contributed by atoms with E-state index >= 15 is 0 Å². The highest BCUT2D eigenvalue weighted by atomic mass is 32.2. The van der Waals surface area contributed by atoms with Gasteiger partial charge in [0.05, 0.1) is 4.90 Å². The van der Waals surface area contributed by atoms with Crippen molar-refractivity contribution in [3.8, 4) is 6.07 Å². The topological polar surface area (TPSA) is 99.0 Å². The minimum atomic E-state index is -3.91. The van der Waals surface area contributed by atoms with Crippen molar-refractivity contribution in [3.63, 3.8) is 0 Å². The first-order chi connectivity index (χ1) is 12.9. The first-order valence-electron chi connectivity index (χ1n) is 8.31. The number of nitrogens with zero attached hydrogens (tertiary/aromatic N) is 4. The van der Waals surface area contributed by atoms with Crippen LogP contribution in [0.1, 0.15) is 18.5 Å². The Labute approximate surface area is 155 Å². The van der Waals surface area contributed by atoms with Gasteiger partial charge in [0.1, 0.15) is 6.07 Å². The lowest BCUT2D eigenvalue weighted by Gasteiger charge is -2.32. The van der Waals surface area contributed by atoms with E-state index in [1.54, 1.807) is 0 Å². The third kappa shape index (κ3) is 4.37. The number of piperidine rings is 1. The van der Waals surface area contributed by atoms with Gasteiger partial charge in [0.15, 0.2) is 23.1 Å². The van der Waals surface area contributed by atoms with Crippen LogP contribution in [0.3, 0.4) is 0 Å². The predicted octanol–water partition coefficient (Wildman–Crippen LogP) is 1.82. The summed E-state index contributed by atoms with van der Waals surface area (Å²) in [7, 11) is -3.91. The fourth-order valence-corrected chi connectivity index (χ4v) is 4.07. The maximum atomic E-state index is 13.3. The molecule has 0 aliphatic carbocycles. The fraction of sp³-hybridized carbons (Fsp3) is 0.353. The molecule has 0 spiro atoms. The number of anilines is 1. The lowest BCUT2D eigenvalue weighted by molar-refractivity contribution is 0.400. The highest BCUT2D eigenvalue weighted by Gasteiger charge is 2.24. The minimum Gasteiger partial charge on any atom is -0.354 e. The van der Waals surface area contributed by atoms with Crippen LogP contribution in [0.4, 0.5) is 14.6 Å². The van der Waals surface area contributed by atoms with Gasteiger partial charge in [-0.05, 0) is 37.0 Å². The molecular weight excluding hydrogens is 376 g/mol. The molecule has 7 nitrogen and oxygen atoms in total. The van der Waals surface area contributed by atoms with Crippen molar-refractivity contribution in [1.29, 1.82) is 5.26 Å². The monoisotopic (exact) mass is 393 g/mol. The molecule has 1 aliphatic rings. The normalized spacial score (nSPS) is 15.5. The van der Waals surface area contributed by atoms with Crippen LogP contribution in [-0.2, 0) is 10.0 Å². The molecule has 3 rings (SSSR count). The molecule has 1 fully saturated rings. The van der Waals surface area contributed by atoms with Gasteiger partial charge in [-0.1, -0.05) is 0 Å². The van der Waals surface area contributed by atoms with Gasteiger partial charge in [-0.2, -0.15) is 5.26 Å². The van der Waals surface area contributed by atoms with Gasteiger partial charge in [0.2, 0.25) is 10.0 Å². The average molecular weight is 393 g/mol. The summed E-state index contributed by atoms with van der Waals surface area (Å²) in [6.07, 6.45) is 4.38. The number of rotatable bonds is 5. The molecule has 0 unspecified atom stereocenters. The van der Waals surface area contributed by atoms with Crippen molar-refractivity contribution in [2.45, 2.75) is 17.7 Å². The third-order valence-corrected chi connectivity index (χ3v) is 5.88. The third-order valence-electron chi connectivity index (χ3n) is 4.46. The van der Waals surface area contributed by atoms with Gasteiger partial charge < -0.3 is 4.90 Å². The minimum absolute atomic E-state index is 0.0866. The predicted molar refractivity (Wildman–Crippen MR) is 93.2 cm³/mol. The van der Waals surface area contributed by atoms with Crippen molar-refractivity contribution < 1.29 is 17.2 Å². The molecule has 0 amide bonds. The molecule has 0 atom stereocenters. The fourth-order valence-electron chi connectivity index (χ4n) is 2.94. The van der Waals surface area contributed by atoms with Gasteiger partial charge in [-0.15, -0.1) is 0 Å². The van der Waals surface area contributed by atoms with Crippen LogP contribution < -0.4 is 9.62 Å². The number of hydrogen-bond donors (Lipinski definition) is 1. The Bertz CT molecular complexity index is 970. The van der Waals surface area contributed by atoms with Gasteiger partial charge in [0.25, 0.3) is 0 Å². The Hall–Kier alpha value is -2.64. The van der Waals surface area contributed by atoms with Crippen molar-refractivity contribution in [2.75, 3.05) is 24.5 Å². The summed E-state index contributed by atoms with van der Waals surface area (Å²) < 4.78 is 53.2. The second-order valence-electron chi connectivity index (χ2n) is 6.20. The van der Waals surface area contributed by atoms with Gasteiger partial charge in [-0.3, -0.25) is 0 Å². The van der Waals surface area contributed by atoms with Crippen molar-refractivity contribution in [2.24, 2.45) is 5.92 Å². The number of aromatic nitrogens is 2. The van der Waals surface area contributed by atoms with E-state index in [4.69, 9.17) is 5.26 Å². The number of nitrogens with one attached hydrogen (secondary N) is 1. The van der Waals surface area contributed by atoms with E-state index in [0.717, 1.165) is 12.1 Å². The Morgan fingerprint density at radius 2 is 1.89 bits per heavy atom. The zero-order chi connectivity index (χ0) is 19.4. The molecule has 1 aromatic carbocycles. The van der Waals surface area contributed by atoms with E-state index in [1.165, 1.54) is 12.4 Å². The largest absolute Gasteiger partial charge is 0.354 e. The second kappa shape index (κ2) is 7.94. The molecule has 1 N–H and O–H groups in total. The summed E-state index contributed by atoms with van der Waals surface area (Å²) in [4.78, 5) is 9.84. The first-order valence-corrected chi connectivity index (χ1v) is 9.80. The maximum absolute atomic E-state index is 13.3. The lowest BCUT2D eigenvalue weighted by atomic mass is 9.97. The number of benzene rings is 1. The molecule has 27 heavy (non-hydrogen) atoms. The smallest absolute Gasteiger partial charge is 0.240 e. The van der Waals surface area contributed by atoms with Gasteiger partial charge >= 0.3 is 0 Å². The van der Waals surface area contributed by atoms with E-state index in [-0.39, 0.29) is 23.1 Å². The Morgan fingerprint density at radius 1 is 1.19 bits per heavy atom. The van der Waals surface area contributed by atoms with Gasteiger partial charge in [-0.25, -0.2) is 31.9 Å². The highest BCUT2D eigenvalue weighted by Crippen LogP contribution is 2.23. The van der Waals surface area contributed by atoms with Crippen LogP contribution in [-0.4, -0.2) is 38.0 Å². The van der Waals surface area contributed by atoms with E-state index in [0.29, 0.717) is 37.8 Å². The molecule has 2 aromatic rings. The molecule has 1 saturated heterocycles. The molecule has 142 valence electrons. The van der Waals surface area contributed by atoms with Crippen molar-refractivity contribution in [1.82, 2.24) is 14.7 Å². The van der Waals surface area contributed by atoms with Crippen molar-refractivity contribution in [3.05, 3.63) is 47.9 Å². The lowest BCUT2D eigenvalue weighted by Crippen LogP contribution is -2.39. The van der Waals surface area contributed by atoms with E-state index in [2.05, 4.69) is 14.7 Å². The summed E-state index contributed by atoms with van der Waals surface area (Å²) >= 11 is 0. The number of hydrogen-bond acceptors (Lipinski definition) is 6. The van der Waals surface area contributed by atoms with E-state index in [1.807, 2.05) is 11.0 Å². The van der Waals surface area contributed by atoms with Crippen LogP contribution >= 0.6 is 0 Å². The van der Waals surface area contributed by atoms with Crippen LogP contribution in [0, 0.1) is 28.9 Å². The molecule has 0 saturated carbocycles. The second-order valence-corrected chi connectivity index (χ2v) is 7.97. The summed E-state index contributed by atoms with van der Waals surface area (Å²) in [6, 6.07) is 4.49. The molecule has 1 aromatic heterocycles. The molecule has 2 heterocycles. The van der Waals surface area contributed by atoms with E-state index in [9.17, 15) is 17.2 Å². The van der Waals surface area contributed by atoms with Crippen LogP contribution in [0.15, 0.2) is 35.5 Å². The Kier molecular flexibility index (Phi) is 5.62. The van der Waals surface area contributed by atoms with E-state index < -0.39 is 21.7 Å². The summed E-state index contributed by atoms with van der Waals surface area (Å²) in [6.45, 7) is 1.43.